The fourth-order valence-electron chi connectivity index (χ4n) is 4.48. The molecule has 198 valence electrons. The van der Waals surface area contributed by atoms with E-state index >= 15 is 0 Å². The fourth-order valence-corrected chi connectivity index (χ4v) is 4.48. The van der Waals surface area contributed by atoms with Crippen LogP contribution >= 0.6 is 0 Å². The van der Waals surface area contributed by atoms with Gasteiger partial charge in [-0.05, 0) is 64.9 Å². The summed E-state index contributed by atoms with van der Waals surface area (Å²) in [4.78, 5) is 25.9. The average molecular weight is 527 g/mol. The van der Waals surface area contributed by atoms with Gasteiger partial charge in [0, 0.05) is 0 Å². The van der Waals surface area contributed by atoms with Crippen LogP contribution in [0.1, 0.15) is 54.6 Å². The highest BCUT2D eigenvalue weighted by molar-refractivity contribution is 5.90. The van der Waals surface area contributed by atoms with Gasteiger partial charge in [-0.25, -0.2) is 9.59 Å². The minimum Gasteiger partial charge on any atom is -0.458 e. The molecule has 4 nitrogen and oxygen atoms in total. The van der Waals surface area contributed by atoms with Gasteiger partial charge in [0.2, 0.25) is 0 Å². The summed E-state index contributed by atoms with van der Waals surface area (Å²) in [5.41, 5.74) is 6.26. The van der Waals surface area contributed by atoms with Crippen molar-refractivity contribution in [2.24, 2.45) is 0 Å². The number of esters is 2. The first-order valence-electron chi connectivity index (χ1n) is 13.3. The Balaban J connectivity index is 1.21. The topological polar surface area (TPSA) is 52.6 Å². The van der Waals surface area contributed by atoms with E-state index in [4.69, 9.17) is 9.47 Å². The van der Waals surface area contributed by atoms with Crippen molar-refractivity contribution in [3.63, 3.8) is 0 Å². The molecule has 0 fully saturated rings. The molecule has 0 aromatic heterocycles. The maximum Gasteiger partial charge on any atom is 0.338 e. The molecule has 40 heavy (non-hydrogen) atoms. The first-order valence-corrected chi connectivity index (χ1v) is 13.3. The summed E-state index contributed by atoms with van der Waals surface area (Å²) in [5.74, 6) is -0.935. The molecule has 0 saturated heterocycles. The molecule has 0 saturated carbocycles. The summed E-state index contributed by atoms with van der Waals surface area (Å²) in [6, 6.07) is 44.5. The van der Waals surface area contributed by atoms with Gasteiger partial charge in [0.25, 0.3) is 0 Å². The zero-order chi connectivity index (χ0) is 27.6. The Morgan fingerprint density at radius 1 is 0.475 bits per heavy atom. The molecule has 0 heterocycles. The highest BCUT2D eigenvalue weighted by Crippen LogP contribution is 2.21. The second kappa shape index (κ2) is 13.2. The van der Waals surface area contributed by atoms with E-state index in [0.29, 0.717) is 11.1 Å². The van der Waals surface area contributed by atoms with Gasteiger partial charge >= 0.3 is 11.9 Å². The van der Waals surface area contributed by atoms with Gasteiger partial charge in [0.15, 0.2) is 6.10 Å². The summed E-state index contributed by atoms with van der Waals surface area (Å²) < 4.78 is 11.4. The number of carbonyl (C=O) groups excluding carboxylic acids is 2. The molecular weight excluding hydrogens is 496 g/mol. The smallest absolute Gasteiger partial charge is 0.338 e. The standard InChI is InChI=1S/C36H30O4/c37-35(32-20-16-29(17-21-32)24-27-10-4-1-5-11-27)39-26-34(31-14-8-3-9-15-31)40-36(38)33-22-18-30(19-23-33)25-28-12-6-2-7-13-28/h1-23,34H,24-26H2. The van der Waals surface area contributed by atoms with Crippen LogP contribution in [-0.2, 0) is 22.3 Å². The third-order valence-electron chi connectivity index (χ3n) is 6.67. The van der Waals surface area contributed by atoms with E-state index in [1.807, 2.05) is 91.0 Å². The minimum absolute atomic E-state index is 0.0908. The Morgan fingerprint density at radius 2 is 0.875 bits per heavy atom. The molecule has 0 aliphatic heterocycles. The Labute approximate surface area is 234 Å². The van der Waals surface area contributed by atoms with Crippen LogP contribution in [0.4, 0.5) is 0 Å². The molecule has 0 radical (unpaired) electrons. The fraction of sp³-hybridized carbons (Fsp3) is 0.111. The summed E-state index contributed by atoms with van der Waals surface area (Å²) in [6.07, 6.45) is 0.834. The van der Waals surface area contributed by atoms with Gasteiger partial charge < -0.3 is 9.47 Å². The lowest BCUT2D eigenvalue weighted by molar-refractivity contribution is -0.00133. The van der Waals surface area contributed by atoms with Crippen LogP contribution in [-0.4, -0.2) is 18.5 Å². The van der Waals surface area contributed by atoms with Crippen molar-refractivity contribution in [1.29, 1.82) is 0 Å². The van der Waals surface area contributed by atoms with Crippen molar-refractivity contribution in [2.45, 2.75) is 18.9 Å². The number of carbonyl (C=O) groups is 2. The average Bonchev–Trinajstić information content (AvgIpc) is 3.01. The third kappa shape index (κ3) is 7.33. The Kier molecular flexibility index (Phi) is 8.80. The molecule has 4 heteroatoms. The summed E-state index contributed by atoms with van der Waals surface area (Å²) >= 11 is 0. The van der Waals surface area contributed by atoms with E-state index in [9.17, 15) is 9.59 Å². The molecular formula is C36H30O4. The van der Waals surface area contributed by atoms with E-state index in [2.05, 4.69) is 24.3 Å². The van der Waals surface area contributed by atoms with Crippen LogP contribution in [0.3, 0.4) is 0 Å². The maximum atomic E-state index is 13.0. The first kappa shape index (κ1) is 26.6. The molecule has 5 rings (SSSR count). The first-order chi connectivity index (χ1) is 19.6. The van der Waals surface area contributed by atoms with Crippen molar-refractivity contribution in [1.82, 2.24) is 0 Å². The molecule has 1 unspecified atom stereocenters. The zero-order valence-electron chi connectivity index (χ0n) is 22.1. The minimum atomic E-state index is -0.737. The van der Waals surface area contributed by atoms with E-state index in [1.165, 1.54) is 11.1 Å². The highest BCUT2D eigenvalue weighted by atomic mass is 16.6. The predicted molar refractivity (Wildman–Crippen MR) is 156 cm³/mol. The van der Waals surface area contributed by atoms with Crippen LogP contribution in [0.5, 0.6) is 0 Å². The van der Waals surface area contributed by atoms with Gasteiger partial charge in [0.05, 0.1) is 11.1 Å². The van der Waals surface area contributed by atoms with Crippen molar-refractivity contribution < 1.29 is 19.1 Å². The van der Waals surface area contributed by atoms with E-state index < -0.39 is 18.0 Å². The lowest BCUT2D eigenvalue weighted by Crippen LogP contribution is -2.19. The largest absolute Gasteiger partial charge is 0.458 e. The molecule has 0 amide bonds. The Bertz CT molecular complexity index is 1510. The summed E-state index contributed by atoms with van der Waals surface area (Å²) in [6.45, 7) is -0.0908. The number of rotatable bonds is 10. The molecule has 0 N–H and O–H groups in total. The summed E-state index contributed by atoms with van der Waals surface area (Å²) in [7, 11) is 0. The number of hydrogen-bond donors (Lipinski definition) is 0. The van der Waals surface area contributed by atoms with E-state index in [1.54, 1.807) is 24.3 Å². The molecule has 0 aliphatic rings. The molecule has 5 aromatic carbocycles. The van der Waals surface area contributed by atoms with Crippen molar-refractivity contribution in [2.75, 3.05) is 6.61 Å². The van der Waals surface area contributed by atoms with Crippen molar-refractivity contribution >= 4 is 11.9 Å². The lowest BCUT2D eigenvalue weighted by atomic mass is 10.0. The van der Waals surface area contributed by atoms with Crippen LogP contribution in [0.2, 0.25) is 0 Å². The third-order valence-corrected chi connectivity index (χ3v) is 6.67. The zero-order valence-corrected chi connectivity index (χ0v) is 22.1. The van der Waals surface area contributed by atoms with Gasteiger partial charge in [-0.3, -0.25) is 0 Å². The monoisotopic (exact) mass is 526 g/mol. The molecule has 0 bridgehead atoms. The second-order valence-electron chi connectivity index (χ2n) is 9.62. The normalized spacial score (nSPS) is 11.4. The number of hydrogen-bond acceptors (Lipinski definition) is 4. The van der Waals surface area contributed by atoms with Gasteiger partial charge in [-0.2, -0.15) is 0 Å². The number of ether oxygens (including phenoxy) is 2. The molecule has 0 aliphatic carbocycles. The molecule has 5 aromatic rings. The SMILES string of the molecule is O=C(OCC(OC(=O)c1ccc(Cc2ccccc2)cc1)c1ccccc1)c1ccc(Cc2ccccc2)cc1. The van der Waals surface area contributed by atoms with Crippen LogP contribution in [0.15, 0.2) is 140 Å². The van der Waals surface area contributed by atoms with E-state index in [-0.39, 0.29) is 6.61 Å². The number of benzene rings is 5. The van der Waals surface area contributed by atoms with Crippen LogP contribution in [0.25, 0.3) is 0 Å². The van der Waals surface area contributed by atoms with E-state index in [0.717, 1.165) is 29.5 Å². The molecule has 1 atom stereocenters. The quantitative estimate of drug-likeness (QED) is 0.176. The second-order valence-corrected chi connectivity index (χ2v) is 9.62. The van der Waals surface area contributed by atoms with Crippen LogP contribution < -0.4 is 0 Å². The van der Waals surface area contributed by atoms with Gasteiger partial charge in [-0.15, -0.1) is 0 Å². The van der Waals surface area contributed by atoms with Crippen molar-refractivity contribution in [3.05, 3.63) is 178 Å². The van der Waals surface area contributed by atoms with Gasteiger partial charge in [-0.1, -0.05) is 115 Å². The predicted octanol–water partition coefficient (Wildman–Crippen LogP) is 7.62. The van der Waals surface area contributed by atoms with Crippen LogP contribution in [0, 0.1) is 0 Å². The Hall–Kier alpha value is -4.96. The van der Waals surface area contributed by atoms with Crippen molar-refractivity contribution in [3.8, 4) is 0 Å². The lowest BCUT2D eigenvalue weighted by Gasteiger charge is -2.19. The Morgan fingerprint density at radius 3 is 1.35 bits per heavy atom. The maximum absolute atomic E-state index is 13.0. The summed E-state index contributed by atoms with van der Waals surface area (Å²) in [5, 5.41) is 0. The van der Waals surface area contributed by atoms with Gasteiger partial charge in [0.1, 0.15) is 6.61 Å². The molecule has 0 spiro atoms. The highest BCUT2D eigenvalue weighted by Gasteiger charge is 2.21.